The highest BCUT2D eigenvalue weighted by molar-refractivity contribution is 5.64. The molecular formula is C26H19F2N3O2. The first-order valence-electron chi connectivity index (χ1n) is 10.4. The van der Waals surface area contributed by atoms with Crippen LogP contribution in [-0.2, 0) is 12.8 Å². The zero-order valence-corrected chi connectivity index (χ0v) is 17.4. The highest BCUT2D eigenvalue weighted by atomic mass is 19.1. The van der Waals surface area contributed by atoms with Gasteiger partial charge in [-0.1, -0.05) is 36.4 Å². The van der Waals surface area contributed by atoms with Crippen molar-refractivity contribution in [3.05, 3.63) is 113 Å². The average Bonchev–Trinajstić information content (AvgIpc) is 3.13. The fourth-order valence-corrected chi connectivity index (χ4v) is 3.81. The van der Waals surface area contributed by atoms with Crippen LogP contribution >= 0.6 is 0 Å². The van der Waals surface area contributed by atoms with Gasteiger partial charge in [-0.2, -0.15) is 0 Å². The van der Waals surface area contributed by atoms with Gasteiger partial charge in [-0.15, -0.1) is 0 Å². The number of hydrogen-bond donors (Lipinski definition) is 2. The molecule has 0 aliphatic heterocycles. The van der Waals surface area contributed by atoms with Gasteiger partial charge in [0.25, 0.3) is 0 Å². The lowest BCUT2D eigenvalue weighted by molar-refractivity contribution is 0.441. The second-order valence-electron chi connectivity index (χ2n) is 7.73. The quantitative estimate of drug-likeness (QED) is 0.388. The van der Waals surface area contributed by atoms with Gasteiger partial charge in [0.05, 0.1) is 11.4 Å². The highest BCUT2D eigenvalue weighted by Gasteiger charge is 2.20. The van der Waals surface area contributed by atoms with Crippen LogP contribution in [0.2, 0.25) is 0 Å². The highest BCUT2D eigenvalue weighted by Crippen LogP contribution is 2.29. The molecule has 2 aromatic heterocycles. The summed E-state index contributed by atoms with van der Waals surface area (Å²) in [5, 5.41) is 20.5. The van der Waals surface area contributed by atoms with Crippen molar-refractivity contribution in [2.24, 2.45) is 0 Å². The fraction of sp³-hybridized carbons (Fsp3) is 0.0769. The van der Waals surface area contributed by atoms with Gasteiger partial charge in [-0.05, 0) is 42.0 Å². The number of benzene rings is 3. The summed E-state index contributed by atoms with van der Waals surface area (Å²) in [5.41, 5.74) is 3.29. The molecule has 0 saturated carbocycles. The molecule has 0 unspecified atom stereocenters. The second kappa shape index (κ2) is 8.35. The van der Waals surface area contributed by atoms with Crippen molar-refractivity contribution in [2.75, 3.05) is 0 Å². The van der Waals surface area contributed by atoms with Crippen molar-refractivity contribution in [1.82, 2.24) is 14.4 Å². The summed E-state index contributed by atoms with van der Waals surface area (Å²) in [6.07, 6.45) is 1.87. The zero-order chi connectivity index (χ0) is 22.9. The molecule has 0 amide bonds. The predicted molar refractivity (Wildman–Crippen MR) is 120 cm³/mol. The standard InChI is InChI=1S/C26H19F2N3O2/c27-20-7-4-8-21(28)19(20)14-23-26(33)31-15-24(17-9-11-18(32)12-10-17)29-22(25(31)30-23)13-16-5-2-1-3-6-16/h1-12,15,32-33H,13-14H2. The van der Waals surface area contributed by atoms with Crippen molar-refractivity contribution in [1.29, 1.82) is 0 Å². The smallest absolute Gasteiger partial charge is 0.219 e. The third kappa shape index (κ3) is 4.01. The molecule has 5 rings (SSSR count). The maximum Gasteiger partial charge on any atom is 0.219 e. The van der Waals surface area contributed by atoms with Gasteiger partial charge in [0, 0.05) is 30.2 Å². The largest absolute Gasteiger partial charge is 0.508 e. The van der Waals surface area contributed by atoms with Crippen LogP contribution in [0.4, 0.5) is 8.78 Å². The summed E-state index contributed by atoms with van der Waals surface area (Å²) in [6.45, 7) is 0. The van der Waals surface area contributed by atoms with Crippen LogP contribution in [0.1, 0.15) is 22.5 Å². The second-order valence-corrected chi connectivity index (χ2v) is 7.73. The lowest BCUT2D eigenvalue weighted by Crippen LogP contribution is -2.00. The third-order valence-electron chi connectivity index (χ3n) is 5.50. The molecule has 5 aromatic rings. The van der Waals surface area contributed by atoms with E-state index in [1.165, 1.54) is 22.6 Å². The van der Waals surface area contributed by atoms with Crippen LogP contribution in [0.25, 0.3) is 16.9 Å². The minimum absolute atomic E-state index is 0.129. The first-order valence-corrected chi connectivity index (χ1v) is 10.4. The van der Waals surface area contributed by atoms with Gasteiger partial charge in [0.15, 0.2) is 5.65 Å². The first kappa shape index (κ1) is 20.6. The normalized spacial score (nSPS) is 11.2. The van der Waals surface area contributed by atoms with Crippen molar-refractivity contribution < 1.29 is 19.0 Å². The molecule has 0 aliphatic carbocycles. The SMILES string of the molecule is Oc1ccc(-c2cn3c(O)c(Cc4c(F)cccc4F)nc3c(Cc3ccccc3)n2)cc1. The predicted octanol–water partition coefficient (Wildman–Crippen LogP) is 5.27. The molecule has 2 heterocycles. The number of halogens is 2. The number of phenolic OH excluding ortho intramolecular Hbond substituents is 1. The zero-order valence-electron chi connectivity index (χ0n) is 17.4. The summed E-state index contributed by atoms with van der Waals surface area (Å²) < 4.78 is 29.9. The number of rotatable bonds is 5. The Morgan fingerprint density at radius 3 is 2.12 bits per heavy atom. The lowest BCUT2D eigenvalue weighted by Gasteiger charge is -2.08. The average molecular weight is 443 g/mol. The van der Waals surface area contributed by atoms with Crippen molar-refractivity contribution in [2.45, 2.75) is 12.8 Å². The van der Waals surface area contributed by atoms with Crippen LogP contribution in [0.15, 0.2) is 79.0 Å². The summed E-state index contributed by atoms with van der Waals surface area (Å²) in [5.74, 6) is -1.47. The van der Waals surface area contributed by atoms with Crippen LogP contribution in [0.5, 0.6) is 11.6 Å². The molecule has 0 spiro atoms. The summed E-state index contributed by atoms with van der Waals surface area (Å²) in [6, 6.07) is 19.9. The van der Waals surface area contributed by atoms with Crippen molar-refractivity contribution in [3.63, 3.8) is 0 Å². The Morgan fingerprint density at radius 2 is 1.42 bits per heavy atom. The molecule has 3 aromatic carbocycles. The maximum atomic E-state index is 14.2. The molecule has 33 heavy (non-hydrogen) atoms. The number of nitrogens with zero attached hydrogens (tertiary/aromatic N) is 3. The third-order valence-corrected chi connectivity index (χ3v) is 5.50. The summed E-state index contributed by atoms with van der Waals surface area (Å²) >= 11 is 0. The van der Waals surface area contributed by atoms with E-state index in [9.17, 15) is 19.0 Å². The van der Waals surface area contributed by atoms with Gasteiger partial charge in [-0.3, -0.25) is 4.40 Å². The van der Waals surface area contributed by atoms with Gasteiger partial charge in [0.1, 0.15) is 23.1 Å². The van der Waals surface area contributed by atoms with E-state index >= 15 is 0 Å². The van der Waals surface area contributed by atoms with Gasteiger partial charge >= 0.3 is 0 Å². The van der Waals surface area contributed by atoms with Gasteiger partial charge in [-0.25, -0.2) is 18.7 Å². The van der Waals surface area contributed by atoms with Gasteiger partial charge in [0.2, 0.25) is 5.88 Å². The van der Waals surface area contributed by atoms with Crippen LogP contribution in [0.3, 0.4) is 0 Å². The van der Waals surface area contributed by atoms with E-state index in [0.29, 0.717) is 23.5 Å². The minimum Gasteiger partial charge on any atom is -0.508 e. The molecule has 0 saturated heterocycles. The fourth-order valence-electron chi connectivity index (χ4n) is 3.81. The molecule has 5 nitrogen and oxygen atoms in total. The number of phenols is 1. The Balaban J connectivity index is 1.67. The first-order chi connectivity index (χ1) is 16.0. The van der Waals surface area contributed by atoms with E-state index < -0.39 is 11.6 Å². The topological polar surface area (TPSA) is 70.7 Å². The number of fused-ring (bicyclic) bond motifs is 1. The van der Waals surface area contributed by atoms with E-state index in [2.05, 4.69) is 4.98 Å². The van der Waals surface area contributed by atoms with Crippen LogP contribution in [-0.4, -0.2) is 24.6 Å². The molecule has 0 bridgehead atoms. The van der Waals surface area contributed by atoms with Gasteiger partial charge < -0.3 is 10.2 Å². The molecule has 7 heteroatoms. The van der Waals surface area contributed by atoms with Crippen molar-refractivity contribution in [3.8, 4) is 22.9 Å². The van der Waals surface area contributed by atoms with E-state index in [1.54, 1.807) is 30.5 Å². The lowest BCUT2D eigenvalue weighted by atomic mass is 10.1. The number of imidazole rings is 1. The molecule has 0 fully saturated rings. The Morgan fingerprint density at radius 1 is 0.727 bits per heavy atom. The van der Waals surface area contributed by atoms with Crippen molar-refractivity contribution >= 4 is 5.65 Å². The number of aromatic hydroxyl groups is 2. The Labute approximate surface area is 188 Å². The van der Waals surface area contributed by atoms with E-state index in [0.717, 1.165) is 11.1 Å². The Bertz CT molecular complexity index is 1430. The molecule has 0 atom stereocenters. The summed E-state index contributed by atoms with van der Waals surface area (Å²) in [7, 11) is 0. The molecular weight excluding hydrogens is 424 g/mol. The van der Waals surface area contributed by atoms with E-state index in [1.807, 2.05) is 30.3 Å². The monoisotopic (exact) mass is 443 g/mol. The molecule has 2 N–H and O–H groups in total. The Kier molecular flexibility index (Phi) is 5.22. The molecule has 0 radical (unpaired) electrons. The van der Waals surface area contributed by atoms with Crippen LogP contribution in [0, 0.1) is 11.6 Å². The minimum atomic E-state index is -0.695. The Hall–Kier alpha value is -4.26. The number of aromatic nitrogens is 3. The van der Waals surface area contributed by atoms with E-state index in [4.69, 9.17) is 4.98 Å². The van der Waals surface area contributed by atoms with Crippen LogP contribution < -0.4 is 0 Å². The number of hydrogen-bond acceptors (Lipinski definition) is 4. The van der Waals surface area contributed by atoms with E-state index in [-0.39, 0.29) is 29.3 Å². The molecule has 0 aliphatic rings. The summed E-state index contributed by atoms with van der Waals surface area (Å²) in [4.78, 5) is 9.28. The molecule has 164 valence electrons. The maximum absolute atomic E-state index is 14.2.